The van der Waals surface area contributed by atoms with Crippen molar-refractivity contribution in [1.82, 2.24) is 0 Å². The molecule has 0 N–H and O–H groups in total. The molecule has 2 rings (SSSR count). The Labute approximate surface area is 92.3 Å². The van der Waals surface area contributed by atoms with Gasteiger partial charge in [0.1, 0.15) is 6.61 Å². The highest BCUT2D eigenvalue weighted by atomic mass is 79.9. The van der Waals surface area contributed by atoms with Gasteiger partial charge in [0.05, 0.1) is 0 Å². The van der Waals surface area contributed by atoms with E-state index >= 15 is 0 Å². The van der Waals surface area contributed by atoms with Crippen molar-refractivity contribution >= 4 is 15.9 Å². The molecule has 1 aromatic rings. The Hall–Kier alpha value is -0.700. The van der Waals surface area contributed by atoms with Crippen molar-refractivity contribution < 1.29 is 9.47 Å². The molecule has 3 heteroatoms. The fourth-order valence-corrected chi connectivity index (χ4v) is 1.79. The second-order valence-electron chi connectivity index (χ2n) is 3.85. The van der Waals surface area contributed by atoms with Gasteiger partial charge in [-0.15, -0.1) is 0 Å². The Morgan fingerprint density at radius 1 is 1.21 bits per heavy atom. The van der Waals surface area contributed by atoms with Crippen LogP contribution >= 0.6 is 15.9 Å². The molecule has 0 saturated heterocycles. The molecule has 1 aromatic carbocycles. The molecule has 76 valence electrons. The van der Waals surface area contributed by atoms with Gasteiger partial charge in [-0.05, 0) is 47.8 Å². The van der Waals surface area contributed by atoms with Gasteiger partial charge in [0.2, 0.25) is 0 Å². The summed E-state index contributed by atoms with van der Waals surface area (Å²) in [5, 5.41) is 0. The Morgan fingerprint density at radius 3 is 2.43 bits per heavy atom. The van der Waals surface area contributed by atoms with Crippen LogP contribution in [0.3, 0.4) is 0 Å². The molecule has 1 atom stereocenters. The van der Waals surface area contributed by atoms with Gasteiger partial charge in [0.15, 0.2) is 16.0 Å². The molecule has 0 fully saturated rings. The van der Waals surface area contributed by atoms with Gasteiger partial charge in [0, 0.05) is 0 Å². The quantitative estimate of drug-likeness (QED) is 0.664. The van der Waals surface area contributed by atoms with E-state index in [9.17, 15) is 0 Å². The number of fused-ring (bicyclic) bond motifs is 1. The van der Waals surface area contributed by atoms with E-state index in [2.05, 4.69) is 22.0 Å². The van der Waals surface area contributed by atoms with Crippen LogP contribution in [0.15, 0.2) is 12.1 Å². The number of aryl methyl sites for hydroxylation is 2. The number of rotatable bonds is 0. The Morgan fingerprint density at radius 2 is 1.79 bits per heavy atom. The van der Waals surface area contributed by atoms with Gasteiger partial charge in [-0.3, -0.25) is 0 Å². The van der Waals surface area contributed by atoms with Crippen molar-refractivity contribution in [3.05, 3.63) is 23.3 Å². The van der Waals surface area contributed by atoms with E-state index in [1.165, 1.54) is 0 Å². The Kier molecular flexibility index (Phi) is 2.22. The first-order valence-corrected chi connectivity index (χ1v) is 5.40. The van der Waals surface area contributed by atoms with Gasteiger partial charge < -0.3 is 9.47 Å². The summed E-state index contributed by atoms with van der Waals surface area (Å²) >= 11 is 3.47. The first-order valence-electron chi connectivity index (χ1n) is 4.60. The van der Waals surface area contributed by atoms with Gasteiger partial charge in [-0.2, -0.15) is 0 Å². The van der Waals surface area contributed by atoms with Crippen LogP contribution < -0.4 is 9.47 Å². The summed E-state index contributed by atoms with van der Waals surface area (Å²) in [6.45, 7) is 6.54. The summed E-state index contributed by atoms with van der Waals surface area (Å²) in [5.41, 5.74) is 2.23. The molecule has 1 aliphatic heterocycles. The molecule has 0 spiro atoms. The van der Waals surface area contributed by atoms with E-state index in [1.54, 1.807) is 0 Å². The molecule has 0 bridgehead atoms. The maximum atomic E-state index is 5.82. The van der Waals surface area contributed by atoms with E-state index in [0.717, 1.165) is 22.6 Å². The fourth-order valence-electron chi connectivity index (χ4n) is 1.51. The molecule has 0 aliphatic carbocycles. The first kappa shape index (κ1) is 9.84. The second kappa shape index (κ2) is 3.16. The number of hydrogen-bond acceptors (Lipinski definition) is 2. The van der Waals surface area contributed by atoms with Crippen molar-refractivity contribution in [3.8, 4) is 11.5 Å². The van der Waals surface area contributed by atoms with Crippen molar-refractivity contribution in [1.29, 1.82) is 0 Å². The van der Waals surface area contributed by atoms with Gasteiger partial charge in [-0.1, -0.05) is 12.1 Å². The SMILES string of the molecule is Cc1ccc(C)c2c1OC[C@@](C)(Br)O2. The predicted octanol–water partition coefficient (Wildman–Crippen LogP) is 3.19. The molecule has 0 unspecified atom stereocenters. The molecule has 14 heavy (non-hydrogen) atoms. The minimum Gasteiger partial charge on any atom is -0.484 e. The summed E-state index contributed by atoms with van der Waals surface area (Å²) in [4.78, 5) is 0. The highest BCUT2D eigenvalue weighted by molar-refractivity contribution is 9.10. The lowest BCUT2D eigenvalue weighted by atomic mass is 10.1. The topological polar surface area (TPSA) is 18.5 Å². The van der Waals surface area contributed by atoms with E-state index in [1.807, 2.05) is 26.8 Å². The van der Waals surface area contributed by atoms with Crippen LogP contribution in [0.2, 0.25) is 0 Å². The summed E-state index contributed by atoms with van der Waals surface area (Å²) in [5.74, 6) is 1.73. The summed E-state index contributed by atoms with van der Waals surface area (Å²) in [6.07, 6.45) is 0. The predicted molar refractivity (Wildman–Crippen MR) is 59.4 cm³/mol. The molecule has 0 saturated carbocycles. The molecule has 0 aromatic heterocycles. The monoisotopic (exact) mass is 256 g/mol. The fraction of sp³-hybridized carbons (Fsp3) is 0.455. The zero-order valence-electron chi connectivity index (χ0n) is 8.56. The van der Waals surface area contributed by atoms with Crippen LogP contribution in [0, 0.1) is 13.8 Å². The van der Waals surface area contributed by atoms with Gasteiger partial charge in [0.25, 0.3) is 0 Å². The van der Waals surface area contributed by atoms with Crippen LogP contribution in [-0.4, -0.2) is 11.1 Å². The van der Waals surface area contributed by atoms with E-state index in [-0.39, 0.29) is 0 Å². The summed E-state index contributed by atoms with van der Waals surface area (Å²) < 4.78 is 11.1. The van der Waals surface area contributed by atoms with E-state index in [0.29, 0.717) is 6.61 Å². The molecular formula is C11H13BrO2. The standard InChI is InChI=1S/C11H13BrO2/c1-7-4-5-8(2)10-9(7)13-6-11(3,12)14-10/h4-5H,6H2,1-3H3/t11-/m0/s1. The number of hydrogen-bond donors (Lipinski definition) is 0. The van der Waals surface area contributed by atoms with Crippen molar-refractivity contribution in [3.63, 3.8) is 0 Å². The van der Waals surface area contributed by atoms with Crippen molar-refractivity contribution in [2.75, 3.05) is 6.61 Å². The van der Waals surface area contributed by atoms with Gasteiger partial charge in [-0.25, -0.2) is 0 Å². The zero-order valence-corrected chi connectivity index (χ0v) is 10.1. The summed E-state index contributed by atoms with van der Waals surface area (Å²) in [6, 6.07) is 4.10. The van der Waals surface area contributed by atoms with E-state index in [4.69, 9.17) is 9.47 Å². The normalized spacial score (nSPS) is 24.9. The molecular weight excluding hydrogens is 244 g/mol. The average Bonchev–Trinajstić information content (AvgIpc) is 2.10. The maximum Gasteiger partial charge on any atom is 0.194 e. The number of alkyl halides is 1. The van der Waals surface area contributed by atoms with Crippen LogP contribution in [0.1, 0.15) is 18.1 Å². The molecule has 2 nitrogen and oxygen atoms in total. The number of ether oxygens (including phenoxy) is 2. The summed E-state index contributed by atoms with van der Waals surface area (Å²) in [7, 11) is 0. The third-order valence-corrected chi connectivity index (χ3v) is 2.69. The largest absolute Gasteiger partial charge is 0.484 e. The van der Waals surface area contributed by atoms with Crippen molar-refractivity contribution in [2.45, 2.75) is 25.3 Å². The Bertz CT molecular complexity index is 372. The van der Waals surface area contributed by atoms with Gasteiger partial charge >= 0.3 is 0 Å². The number of halogens is 1. The van der Waals surface area contributed by atoms with E-state index < -0.39 is 4.51 Å². The van der Waals surface area contributed by atoms with Crippen LogP contribution in [0.25, 0.3) is 0 Å². The maximum absolute atomic E-state index is 5.82. The van der Waals surface area contributed by atoms with Crippen LogP contribution in [-0.2, 0) is 0 Å². The minimum absolute atomic E-state index is 0.404. The molecule has 0 radical (unpaired) electrons. The van der Waals surface area contributed by atoms with Crippen LogP contribution in [0.4, 0.5) is 0 Å². The Balaban J connectivity index is 2.51. The smallest absolute Gasteiger partial charge is 0.194 e. The van der Waals surface area contributed by atoms with Crippen molar-refractivity contribution in [2.24, 2.45) is 0 Å². The molecule has 1 heterocycles. The third kappa shape index (κ3) is 1.61. The average molecular weight is 257 g/mol. The lowest BCUT2D eigenvalue weighted by molar-refractivity contribution is 0.0816. The highest BCUT2D eigenvalue weighted by Crippen LogP contribution is 2.41. The first-order chi connectivity index (χ1) is 6.49. The molecule has 0 amide bonds. The number of benzene rings is 1. The third-order valence-electron chi connectivity index (χ3n) is 2.30. The minimum atomic E-state index is -0.404. The lowest BCUT2D eigenvalue weighted by Gasteiger charge is -2.32. The second-order valence-corrected chi connectivity index (χ2v) is 5.53. The lowest BCUT2D eigenvalue weighted by Crippen LogP contribution is -2.36. The van der Waals surface area contributed by atoms with Crippen LogP contribution in [0.5, 0.6) is 11.5 Å². The zero-order chi connectivity index (χ0) is 10.3. The molecule has 1 aliphatic rings. The highest BCUT2D eigenvalue weighted by Gasteiger charge is 2.31.